The van der Waals surface area contributed by atoms with E-state index in [4.69, 9.17) is 4.42 Å². The number of nitrogens with one attached hydrogen (secondary N) is 2. The smallest absolute Gasteiger partial charge is 0.201 e. The second-order valence-electron chi connectivity index (χ2n) is 7.63. The second kappa shape index (κ2) is 6.88. The Morgan fingerprint density at radius 2 is 1.93 bits per heavy atom. The highest BCUT2D eigenvalue weighted by Gasteiger charge is 2.25. The molecule has 0 bridgehead atoms. The molecule has 0 aliphatic carbocycles. The molecule has 2 aromatic carbocycles. The molecular weight excluding hydrogens is 393 g/mol. The van der Waals surface area contributed by atoms with Gasteiger partial charge in [0.1, 0.15) is 17.2 Å². The van der Waals surface area contributed by atoms with Gasteiger partial charge in [-0.3, -0.25) is 0 Å². The number of imidazole rings is 1. The topological polar surface area (TPSA) is 88.0 Å². The highest BCUT2D eigenvalue weighted by Crippen LogP contribution is 2.35. The summed E-state index contributed by atoms with van der Waals surface area (Å²) in [5, 5.41) is 4.10. The fourth-order valence-corrected chi connectivity index (χ4v) is 4.13. The van der Waals surface area contributed by atoms with Crippen molar-refractivity contribution in [3.8, 4) is 0 Å². The molecule has 4 aromatic rings. The highest BCUT2D eigenvalue weighted by molar-refractivity contribution is 7.90. The number of aryl methyl sites for hydroxylation is 1. The van der Waals surface area contributed by atoms with E-state index in [0.717, 1.165) is 16.7 Å². The molecule has 8 heteroatoms. The van der Waals surface area contributed by atoms with Gasteiger partial charge >= 0.3 is 0 Å². The molecule has 2 N–H and O–H groups in total. The van der Waals surface area contributed by atoms with Crippen molar-refractivity contribution in [2.75, 3.05) is 11.6 Å². The lowest BCUT2D eigenvalue weighted by molar-refractivity contribution is 0.435. The number of fused-ring (bicyclic) bond motifs is 2. The molecule has 0 aliphatic heterocycles. The van der Waals surface area contributed by atoms with E-state index in [2.05, 4.69) is 29.1 Å². The minimum atomic E-state index is -3.30. The molecule has 0 aliphatic rings. The first-order chi connectivity index (χ1) is 13.6. The molecule has 0 saturated heterocycles. The molecule has 0 radical (unpaired) electrons. The molecule has 0 fully saturated rings. The highest BCUT2D eigenvalue weighted by atomic mass is 32.2. The Morgan fingerprint density at radius 1 is 1.17 bits per heavy atom. The Hall–Kier alpha value is -2.87. The van der Waals surface area contributed by atoms with Crippen molar-refractivity contribution in [3.63, 3.8) is 0 Å². The van der Waals surface area contributed by atoms with E-state index in [1.807, 2.05) is 6.92 Å². The average molecular weight is 415 g/mol. The summed E-state index contributed by atoms with van der Waals surface area (Å²) in [6.45, 7) is 6.01. The van der Waals surface area contributed by atoms with Crippen molar-refractivity contribution in [2.24, 2.45) is 5.92 Å². The Bertz CT molecular complexity index is 1320. The summed E-state index contributed by atoms with van der Waals surface area (Å²) in [7, 11) is -3.30. The van der Waals surface area contributed by atoms with E-state index < -0.39 is 9.84 Å². The molecule has 0 saturated carbocycles. The first-order valence-corrected chi connectivity index (χ1v) is 11.2. The van der Waals surface area contributed by atoms with E-state index in [1.165, 1.54) is 18.4 Å². The minimum absolute atomic E-state index is 0.152. The Kier molecular flexibility index (Phi) is 4.61. The number of sulfone groups is 1. The number of furan rings is 1. The molecule has 0 amide bonds. The number of rotatable bonds is 5. The van der Waals surface area contributed by atoms with E-state index in [0.29, 0.717) is 22.6 Å². The van der Waals surface area contributed by atoms with Crippen molar-refractivity contribution < 1.29 is 17.2 Å². The van der Waals surface area contributed by atoms with Crippen LogP contribution in [0.4, 0.5) is 10.3 Å². The van der Waals surface area contributed by atoms with Crippen LogP contribution in [0, 0.1) is 18.7 Å². The van der Waals surface area contributed by atoms with Crippen LogP contribution in [0.5, 0.6) is 0 Å². The van der Waals surface area contributed by atoms with Crippen molar-refractivity contribution in [2.45, 2.75) is 31.7 Å². The molecule has 4 rings (SSSR count). The molecule has 2 aromatic heterocycles. The van der Waals surface area contributed by atoms with Gasteiger partial charge in [-0.2, -0.15) is 0 Å². The summed E-state index contributed by atoms with van der Waals surface area (Å²) in [6, 6.07) is 9.07. The third kappa shape index (κ3) is 3.60. The number of benzene rings is 2. The van der Waals surface area contributed by atoms with Gasteiger partial charge in [-0.1, -0.05) is 13.8 Å². The minimum Gasteiger partial charge on any atom is -0.459 e. The fourth-order valence-electron chi connectivity index (χ4n) is 3.48. The van der Waals surface area contributed by atoms with E-state index >= 15 is 0 Å². The molecular formula is C21H22FN3O3S. The maximum atomic E-state index is 13.7. The van der Waals surface area contributed by atoms with Crippen molar-refractivity contribution in [3.05, 3.63) is 53.5 Å². The van der Waals surface area contributed by atoms with Crippen LogP contribution in [0.2, 0.25) is 0 Å². The van der Waals surface area contributed by atoms with Crippen LogP contribution in [0.25, 0.3) is 22.0 Å². The number of hydrogen-bond donors (Lipinski definition) is 2. The van der Waals surface area contributed by atoms with Crippen LogP contribution < -0.4 is 5.32 Å². The maximum absolute atomic E-state index is 13.7. The quantitative estimate of drug-likeness (QED) is 0.480. The van der Waals surface area contributed by atoms with Crippen molar-refractivity contribution >= 4 is 37.8 Å². The van der Waals surface area contributed by atoms with E-state index in [1.54, 1.807) is 24.3 Å². The number of anilines is 1. The van der Waals surface area contributed by atoms with Crippen LogP contribution >= 0.6 is 0 Å². The molecule has 6 nitrogen and oxygen atoms in total. The monoisotopic (exact) mass is 415 g/mol. The Balaban J connectivity index is 1.73. The van der Waals surface area contributed by atoms with Crippen LogP contribution in [0.3, 0.4) is 0 Å². The standard InChI is InChI=1S/C21H22FN3O3S/c1-11(2)19(20-12(3)15-9-13(22)5-8-18(15)28-20)25-21-23-16-7-6-14(29(4,26)27)10-17(16)24-21/h5-11,19H,1-4H3,(H2,23,24,25)/t19-/m1/s1. The lowest BCUT2D eigenvalue weighted by Gasteiger charge is -2.20. The van der Waals surface area contributed by atoms with Crippen molar-refractivity contribution in [1.29, 1.82) is 0 Å². The molecule has 1 atom stereocenters. The van der Waals surface area contributed by atoms with Gasteiger partial charge in [0, 0.05) is 17.2 Å². The first-order valence-electron chi connectivity index (χ1n) is 9.28. The predicted octanol–water partition coefficient (Wildman–Crippen LogP) is 4.97. The first kappa shape index (κ1) is 19.4. The molecule has 0 spiro atoms. The van der Waals surface area contributed by atoms with Crippen molar-refractivity contribution in [1.82, 2.24) is 9.97 Å². The number of H-pyrrole nitrogens is 1. The van der Waals surface area contributed by atoms with Gasteiger partial charge in [-0.15, -0.1) is 0 Å². The maximum Gasteiger partial charge on any atom is 0.201 e. The lowest BCUT2D eigenvalue weighted by atomic mass is 9.98. The number of halogens is 1. The van der Waals surface area contributed by atoms with E-state index in [9.17, 15) is 12.8 Å². The predicted molar refractivity (Wildman–Crippen MR) is 111 cm³/mol. The lowest BCUT2D eigenvalue weighted by Crippen LogP contribution is -2.17. The molecule has 152 valence electrons. The second-order valence-corrected chi connectivity index (χ2v) is 9.65. The molecule has 29 heavy (non-hydrogen) atoms. The molecule has 0 unspecified atom stereocenters. The van der Waals surface area contributed by atoms with Gasteiger partial charge in [-0.05, 0) is 49.2 Å². The summed E-state index contributed by atoms with van der Waals surface area (Å²) in [5.41, 5.74) is 2.79. The zero-order valence-electron chi connectivity index (χ0n) is 16.6. The third-order valence-electron chi connectivity index (χ3n) is 5.06. The third-order valence-corrected chi connectivity index (χ3v) is 6.17. The van der Waals surface area contributed by atoms with Gasteiger partial charge in [-0.25, -0.2) is 17.8 Å². The number of hydrogen-bond acceptors (Lipinski definition) is 5. The van der Waals surface area contributed by atoms with Gasteiger partial charge in [0.2, 0.25) is 5.95 Å². The van der Waals surface area contributed by atoms with Crippen LogP contribution in [-0.4, -0.2) is 24.6 Å². The largest absolute Gasteiger partial charge is 0.459 e. The summed E-state index contributed by atoms with van der Waals surface area (Å²) in [6.07, 6.45) is 1.17. The van der Waals surface area contributed by atoms with E-state index in [-0.39, 0.29) is 22.7 Å². The zero-order valence-corrected chi connectivity index (χ0v) is 17.4. The van der Waals surface area contributed by atoms with Gasteiger partial charge < -0.3 is 14.7 Å². The van der Waals surface area contributed by atoms with Gasteiger partial charge in [0.05, 0.1) is 22.0 Å². The number of nitrogens with zero attached hydrogens (tertiary/aromatic N) is 1. The SMILES string of the molecule is Cc1c([C@H](Nc2nc3ccc(S(C)(=O)=O)cc3[nH]2)C(C)C)oc2ccc(F)cc12. The summed E-state index contributed by atoms with van der Waals surface area (Å²) in [4.78, 5) is 7.89. The van der Waals surface area contributed by atoms with Gasteiger partial charge in [0.15, 0.2) is 9.84 Å². The average Bonchev–Trinajstić information content (AvgIpc) is 3.19. The normalized spacial score (nSPS) is 13.4. The summed E-state index contributed by atoms with van der Waals surface area (Å²) < 4.78 is 43.3. The number of aromatic nitrogens is 2. The van der Waals surface area contributed by atoms with Crippen LogP contribution in [-0.2, 0) is 9.84 Å². The van der Waals surface area contributed by atoms with Gasteiger partial charge in [0.25, 0.3) is 0 Å². The van der Waals surface area contributed by atoms with Crippen LogP contribution in [0.15, 0.2) is 45.7 Å². The fraction of sp³-hybridized carbons (Fsp3) is 0.286. The summed E-state index contributed by atoms with van der Waals surface area (Å²) in [5.74, 6) is 1.08. The zero-order chi connectivity index (χ0) is 20.9. The Labute approximate surface area is 168 Å². The Morgan fingerprint density at radius 3 is 2.62 bits per heavy atom. The van der Waals surface area contributed by atoms with Crippen LogP contribution in [0.1, 0.15) is 31.2 Å². The molecule has 2 heterocycles. The number of aromatic amines is 1. The summed E-state index contributed by atoms with van der Waals surface area (Å²) >= 11 is 0.